The number of aryl methyl sites for hydroxylation is 1. The number of allylic oxidation sites excluding steroid dienone is 3. The lowest BCUT2D eigenvalue weighted by Crippen LogP contribution is -2.28. The van der Waals surface area contributed by atoms with E-state index in [-0.39, 0.29) is 12.0 Å². The first-order valence-corrected chi connectivity index (χ1v) is 16.6. The Morgan fingerprint density at radius 1 is 0.735 bits per heavy atom. The Hall–Kier alpha value is -6.36. The second kappa shape index (κ2) is 12.0. The van der Waals surface area contributed by atoms with Gasteiger partial charge in [0.15, 0.2) is 0 Å². The fourth-order valence-corrected chi connectivity index (χ4v) is 7.78. The molecule has 2 atom stereocenters. The van der Waals surface area contributed by atoms with Gasteiger partial charge in [-0.05, 0) is 91.6 Å². The predicted molar refractivity (Wildman–Crippen MR) is 201 cm³/mol. The molecule has 0 saturated heterocycles. The third-order valence-corrected chi connectivity index (χ3v) is 9.89. The third kappa shape index (κ3) is 4.98. The molecule has 1 aliphatic carbocycles. The van der Waals surface area contributed by atoms with Crippen molar-refractivity contribution in [2.45, 2.75) is 32.7 Å². The lowest BCUT2D eigenvalue weighted by molar-refractivity contribution is 0.744. The fourth-order valence-electron chi connectivity index (χ4n) is 7.78. The molecule has 2 aliphatic rings. The number of anilines is 2. The minimum Gasteiger partial charge on any atom is -0.333 e. The molecule has 0 spiro atoms. The van der Waals surface area contributed by atoms with Gasteiger partial charge in [-0.2, -0.15) is 10.5 Å². The molecule has 1 aromatic heterocycles. The Morgan fingerprint density at radius 3 is 2.35 bits per heavy atom. The number of hydrogen-bond acceptors (Lipinski definition) is 3. The van der Waals surface area contributed by atoms with Crippen LogP contribution in [0.4, 0.5) is 11.4 Å². The Labute approximate surface area is 287 Å². The van der Waals surface area contributed by atoms with E-state index in [0.717, 1.165) is 72.6 Å². The standard InChI is InChI=1S/C45H34N4/c1-29-22-35(26-36(23-29)48-31(3)40(24-30(2)27-46)38-16-5-8-19-42(38)48)32-12-10-13-33(25-32)37-15-4-7-18-41(37)49-43-20-9-6-17-39(43)45-34(28-47)14-11-21-44(45)49/h4-26,39,43H,1-3H3/b30-24+. The van der Waals surface area contributed by atoms with Crippen molar-refractivity contribution in [2.24, 2.45) is 0 Å². The van der Waals surface area contributed by atoms with Crippen LogP contribution in [0.5, 0.6) is 0 Å². The van der Waals surface area contributed by atoms with Gasteiger partial charge < -0.3 is 9.47 Å². The van der Waals surface area contributed by atoms with Gasteiger partial charge in [-0.3, -0.25) is 0 Å². The quantitative estimate of drug-likeness (QED) is 0.178. The second-order valence-electron chi connectivity index (χ2n) is 13.0. The molecule has 2 unspecified atom stereocenters. The summed E-state index contributed by atoms with van der Waals surface area (Å²) in [4.78, 5) is 2.41. The number of nitrogens with zero attached hydrogens (tertiary/aromatic N) is 4. The Kier molecular flexibility index (Phi) is 7.36. The molecule has 234 valence electrons. The van der Waals surface area contributed by atoms with Crippen molar-refractivity contribution in [1.29, 1.82) is 10.5 Å². The Balaban J connectivity index is 1.24. The topological polar surface area (TPSA) is 55.8 Å². The van der Waals surface area contributed by atoms with Crippen LogP contribution in [0.3, 0.4) is 0 Å². The van der Waals surface area contributed by atoms with Crippen molar-refractivity contribution >= 4 is 28.4 Å². The highest BCUT2D eigenvalue weighted by Crippen LogP contribution is 2.51. The van der Waals surface area contributed by atoms with Gasteiger partial charge in [-0.25, -0.2) is 0 Å². The summed E-state index contributed by atoms with van der Waals surface area (Å²) in [7, 11) is 0. The molecule has 0 N–H and O–H groups in total. The van der Waals surface area contributed by atoms with E-state index in [2.05, 4.69) is 157 Å². The van der Waals surface area contributed by atoms with Crippen LogP contribution < -0.4 is 4.90 Å². The van der Waals surface area contributed by atoms with E-state index < -0.39 is 0 Å². The molecule has 0 amide bonds. The van der Waals surface area contributed by atoms with Crippen molar-refractivity contribution in [3.63, 3.8) is 0 Å². The number of hydrogen-bond donors (Lipinski definition) is 0. The minimum absolute atomic E-state index is 0.0921. The molecule has 1 aliphatic heterocycles. The van der Waals surface area contributed by atoms with E-state index in [9.17, 15) is 10.5 Å². The monoisotopic (exact) mass is 630 g/mol. The van der Waals surface area contributed by atoms with E-state index in [0.29, 0.717) is 5.57 Å². The second-order valence-corrected chi connectivity index (χ2v) is 13.0. The summed E-state index contributed by atoms with van der Waals surface area (Å²) in [5, 5.41) is 20.7. The molecule has 0 saturated carbocycles. The normalized spacial score (nSPS) is 16.3. The van der Waals surface area contributed by atoms with Gasteiger partial charge in [0, 0.05) is 56.3 Å². The predicted octanol–water partition coefficient (Wildman–Crippen LogP) is 11.1. The summed E-state index contributed by atoms with van der Waals surface area (Å²) in [6.45, 7) is 6.14. The summed E-state index contributed by atoms with van der Waals surface area (Å²) >= 11 is 0. The van der Waals surface area contributed by atoms with Crippen molar-refractivity contribution in [2.75, 3.05) is 4.90 Å². The number of para-hydroxylation sites is 2. The van der Waals surface area contributed by atoms with Crippen molar-refractivity contribution in [3.8, 4) is 40.1 Å². The van der Waals surface area contributed by atoms with Gasteiger partial charge in [-0.1, -0.05) is 91.0 Å². The fraction of sp³-hybridized carbons (Fsp3) is 0.111. The first-order chi connectivity index (χ1) is 24.0. The molecule has 4 nitrogen and oxygen atoms in total. The van der Waals surface area contributed by atoms with Crippen LogP contribution in [0.25, 0.3) is 44.9 Å². The molecule has 0 radical (unpaired) electrons. The number of benzene rings is 5. The van der Waals surface area contributed by atoms with Gasteiger partial charge in [0.1, 0.15) is 0 Å². The largest absolute Gasteiger partial charge is 0.333 e. The van der Waals surface area contributed by atoms with E-state index in [1.807, 2.05) is 25.1 Å². The first kappa shape index (κ1) is 30.0. The molecule has 5 aromatic carbocycles. The summed E-state index contributed by atoms with van der Waals surface area (Å²) < 4.78 is 2.31. The maximum Gasteiger partial charge on any atom is 0.0995 e. The van der Waals surface area contributed by atoms with Gasteiger partial charge in [0.25, 0.3) is 0 Å². The zero-order valence-corrected chi connectivity index (χ0v) is 27.7. The average molecular weight is 631 g/mol. The lowest BCUT2D eigenvalue weighted by atomic mass is 9.89. The summed E-state index contributed by atoms with van der Waals surface area (Å²) in [5.41, 5.74) is 14.8. The molecular weight excluding hydrogens is 597 g/mol. The zero-order chi connectivity index (χ0) is 33.6. The number of fused-ring (bicyclic) bond motifs is 4. The number of nitriles is 2. The zero-order valence-electron chi connectivity index (χ0n) is 27.7. The van der Waals surface area contributed by atoms with E-state index in [1.54, 1.807) is 0 Å². The summed E-state index contributed by atoms with van der Waals surface area (Å²) in [5.74, 6) is 0.119. The van der Waals surface area contributed by atoms with Crippen molar-refractivity contribution in [3.05, 3.63) is 167 Å². The molecule has 0 bridgehead atoms. The van der Waals surface area contributed by atoms with Gasteiger partial charge >= 0.3 is 0 Å². The highest BCUT2D eigenvalue weighted by molar-refractivity contribution is 5.94. The molecule has 49 heavy (non-hydrogen) atoms. The van der Waals surface area contributed by atoms with Crippen LogP contribution in [0.15, 0.2) is 139 Å². The minimum atomic E-state index is 0.0921. The van der Waals surface area contributed by atoms with E-state index in [4.69, 9.17) is 0 Å². The van der Waals surface area contributed by atoms with E-state index >= 15 is 0 Å². The first-order valence-electron chi connectivity index (χ1n) is 16.6. The summed E-state index contributed by atoms with van der Waals surface area (Å²) in [6.07, 6.45) is 10.7. The average Bonchev–Trinajstić information content (AvgIpc) is 3.62. The molecule has 0 fully saturated rings. The molecule has 4 heteroatoms. The highest BCUT2D eigenvalue weighted by Gasteiger charge is 2.39. The highest BCUT2D eigenvalue weighted by atomic mass is 15.2. The SMILES string of the molecule is C/C(C#N)=C\c1c(C)n(-c2cc(C)cc(-c3cccc(-c4ccccc4N4c5cccc(C#N)c5C5C=CC=CC54)c3)c2)c2ccccc12. The van der Waals surface area contributed by atoms with Gasteiger partial charge in [0.2, 0.25) is 0 Å². The smallest absolute Gasteiger partial charge is 0.0995 e. The third-order valence-electron chi connectivity index (χ3n) is 9.89. The number of aromatic nitrogens is 1. The molecular formula is C45H34N4. The molecule has 2 heterocycles. The van der Waals surface area contributed by atoms with Crippen LogP contribution in [0, 0.1) is 36.5 Å². The lowest BCUT2D eigenvalue weighted by Gasteiger charge is -2.30. The van der Waals surface area contributed by atoms with Crippen LogP contribution in [0.2, 0.25) is 0 Å². The van der Waals surface area contributed by atoms with Crippen LogP contribution in [0.1, 0.15) is 40.8 Å². The van der Waals surface area contributed by atoms with E-state index in [1.165, 1.54) is 5.56 Å². The summed E-state index contributed by atoms with van der Waals surface area (Å²) in [6, 6.07) is 43.5. The van der Waals surface area contributed by atoms with Gasteiger partial charge in [0.05, 0.1) is 29.3 Å². The maximum absolute atomic E-state index is 10.0. The Bertz CT molecular complexity index is 2470. The van der Waals surface area contributed by atoms with Crippen molar-refractivity contribution in [1.82, 2.24) is 4.57 Å². The Morgan fingerprint density at radius 2 is 1.49 bits per heavy atom. The van der Waals surface area contributed by atoms with Crippen LogP contribution in [-0.4, -0.2) is 10.6 Å². The molecule has 6 aromatic rings. The molecule has 8 rings (SSSR count). The van der Waals surface area contributed by atoms with Crippen molar-refractivity contribution < 1.29 is 0 Å². The van der Waals surface area contributed by atoms with Crippen LogP contribution in [-0.2, 0) is 0 Å². The maximum atomic E-state index is 10.0. The van der Waals surface area contributed by atoms with Gasteiger partial charge in [-0.15, -0.1) is 0 Å². The van der Waals surface area contributed by atoms with Crippen LogP contribution >= 0.6 is 0 Å². The number of rotatable bonds is 5.